The smallest absolute Gasteiger partial charge is 0.223 e. The van der Waals surface area contributed by atoms with Gasteiger partial charge in [0, 0.05) is 17.9 Å². The Kier molecular flexibility index (Phi) is 5.38. The Labute approximate surface area is 123 Å². The summed E-state index contributed by atoms with van der Waals surface area (Å²) in [5.41, 5.74) is 2.18. The molecule has 1 fully saturated rings. The van der Waals surface area contributed by atoms with Crippen LogP contribution in [0.4, 0.5) is 5.95 Å². The van der Waals surface area contributed by atoms with E-state index in [4.69, 9.17) is 0 Å². The average molecular weight is 275 g/mol. The van der Waals surface area contributed by atoms with E-state index < -0.39 is 0 Å². The number of nitrogens with one attached hydrogen (secondary N) is 1. The molecule has 1 aromatic rings. The molecule has 0 atom stereocenters. The van der Waals surface area contributed by atoms with Crippen LogP contribution in [0.1, 0.15) is 70.2 Å². The highest BCUT2D eigenvalue weighted by atomic mass is 15.1. The summed E-state index contributed by atoms with van der Waals surface area (Å²) in [4.78, 5) is 9.09. The average Bonchev–Trinajstić information content (AvgIpc) is 2.40. The van der Waals surface area contributed by atoms with Gasteiger partial charge in [0.25, 0.3) is 0 Å². The van der Waals surface area contributed by atoms with Crippen molar-refractivity contribution in [3.63, 3.8) is 0 Å². The highest BCUT2D eigenvalue weighted by Gasteiger charge is 2.17. The van der Waals surface area contributed by atoms with Crippen LogP contribution >= 0.6 is 0 Å². The summed E-state index contributed by atoms with van der Waals surface area (Å²) in [5.74, 6) is 3.09. The van der Waals surface area contributed by atoms with Crippen LogP contribution in [0.3, 0.4) is 0 Å². The van der Waals surface area contributed by atoms with Crippen molar-refractivity contribution in [1.82, 2.24) is 9.97 Å². The zero-order valence-electron chi connectivity index (χ0n) is 13.4. The van der Waals surface area contributed by atoms with Gasteiger partial charge in [-0.05, 0) is 37.2 Å². The standard InChI is InChI=1S/C17H29N3/c1-12(2)16-11-14(4)19-17(20-16)18-10-9-15-7-5-13(3)6-8-15/h11-13,15H,5-10H2,1-4H3,(H,18,19,20). The van der Waals surface area contributed by atoms with Crippen molar-refractivity contribution in [2.45, 2.75) is 65.7 Å². The Bertz CT molecular complexity index is 420. The van der Waals surface area contributed by atoms with Crippen LogP contribution in [0, 0.1) is 18.8 Å². The molecule has 1 heterocycles. The molecular formula is C17H29N3. The minimum atomic E-state index is 0.456. The second-order valence-corrected chi connectivity index (χ2v) is 6.75. The van der Waals surface area contributed by atoms with E-state index in [1.807, 2.05) is 6.92 Å². The molecule has 1 N–H and O–H groups in total. The first-order chi connectivity index (χ1) is 9.54. The fraction of sp³-hybridized carbons (Fsp3) is 0.765. The topological polar surface area (TPSA) is 37.8 Å². The van der Waals surface area contributed by atoms with E-state index in [0.717, 1.165) is 35.7 Å². The normalized spacial score (nSPS) is 23.1. The minimum absolute atomic E-state index is 0.456. The summed E-state index contributed by atoms with van der Waals surface area (Å²) in [6.07, 6.45) is 6.86. The second kappa shape index (κ2) is 7.05. The van der Waals surface area contributed by atoms with E-state index in [1.54, 1.807) is 0 Å². The number of hydrogen-bond acceptors (Lipinski definition) is 3. The van der Waals surface area contributed by atoms with Crippen molar-refractivity contribution < 1.29 is 0 Å². The molecule has 0 aliphatic heterocycles. The zero-order valence-corrected chi connectivity index (χ0v) is 13.4. The molecule has 0 unspecified atom stereocenters. The lowest BCUT2D eigenvalue weighted by atomic mass is 9.81. The van der Waals surface area contributed by atoms with E-state index in [1.165, 1.54) is 32.1 Å². The lowest BCUT2D eigenvalue weighted by Gasteiger charge is -2.26. The van der Waals surface area contributed by atoms with Gasteiger partial charge >= 0.3 is 0 Å². The highest BCUT2D eigenvalue weighted by molar-refractivity contribution is 5.28. The SMILES string of the molecule is Cc1cc(C(C)C)nc(NCCC2CCC(C)CC2)n1. The number of nitrogens with zero attached hydrogens (tertiary/aromatic N) is 2. The van der Waals surface area contributed by atoms with Gasteiger partial charge in [-0.2, -0.15) is 0 Å². The molecule has 3 heteroatoms. The summed E-state index contributed by atoms with van der Waals surface area (Å²) in [7, 11) is 0. The molecule has 0 bridgehead atoms. The maximum Gasteiger partial charge on any atom is 0.223 e. The third-order valence-corrected chi connectivity index (χ3v) is 4.44. The Morgan fingerprint density at radius 3 is 2.55 bits per heavy atom. The number of aromatic nitrogens is 2. The zero-order chi connectivity index (χ0) is 14.5. The van der Waals surface area contributed by atoms with Crippen molar-refractivity contribution in [2.24, 2.45) is 11.8 Å². The van der Waals surface area contributed by atoms with Gasteiger partial charge in [0.1, 0.15) is 0 Å². The molecule has 3 nitrogen and oxygen atoms in total. The molecule has 1 saturated carbocycles. The van der Waals surface area contributed by atoms with Gasteiger partial charge in [0.15, 0.2) is 0 Å². The van der Waals surface area contributed by atoms with Gasteiger partial charge in [-0.3, -0.25) is 0 Å². The van der Waals surface area contributed by atoms with E-state index in [0.29, 0.717) is 5.92 Å². The van der Waals surface area contributed by atoms with Crippen molar-refractivity contribution in [2.75, 3.05) is 11.9 Å². The van der Waals surface area contributed by atoms with Crippen molar-refractivity contribution in [1.29, 1.82) is 0 Å². The Morgan fingerprint density at radius 1 is 1.20 bits per heavy atom. The largest absolute Gasteiger partial charge is 0.354 e. The first kappa shape index (κ1) is 15.3. The molecule has 1 aliphatic carbocycles. The fourth-order valence-corrected chi connectivity index (χ4v) is 2.97. The van der Waals surface area contributed by atoms with Crippen LogP contribution in [0.25, 0.3) is 0 Å². The molecule has 2 rings (SSSR count). The maximum absolute atomic E-state index is 4.61. The molecule has 0 saturated heterocycles. The Balaban J connectivity index is 1.82. The molecule has 0 spiro atoms. The predicted molar refractivity (Wildman–Crippen MR) is 85.1 cm³/mol. The van der Waals surface area contributed by atoms with Crippen LogP contribution in [0.2, 0.25) is 0 Å². The number of anilines is 1. The minimum Gasteiger partial charge on any atom is -0.354 e. The summed E-state index contributed by atoms with van der Waals surface area (Å²) in [6, 6.07) is 2.08. The predicted octanol–water partition coefficient (Wildman–Crippen LogP) is 4.54. The summed E-state index contributed by atoms with van der Waals surface area (Å²) in [6.45, 7) is 9.77. The van der Waals surface area contributed by atoms with Gasteiger partial charge in [0.2, 0.25) is 5.95 Å². The van der Waals surface area contributed by atoms with Gasteiger partial charge in [0.05, 0.1) is 0 Å². The van der Waals surface area contributed by atoms with Crippen LogP contribution in [0.15, 0.2) is 6.07 Å². The third-order valence-electron chi connectivity index (χ3n) is 4.44. The number of aryl methyl sites for hydroxylation is 1. The first-order valence-electron chi connectivity index (χ1n) is 8.14. The molecule has 0 radical (unpaired) electrons. The molecule has 1 aliphatic rings. The molecule has 20 heavy (non-hydrogen) atoms. The van der Waals surface area contributed by atoms with Gasteiger partial charge in [-0.25, -0.2) is 9.97 Å². The quantitative estimate of drug-likeness (QED) is 0.857. The van der Waals surface area contributed by atoms with Crippen molar-refractivity contribution in [3.05, 3.63) is 17.5 Å². The fourth-order valence-electron chi connectivity index (χ4n) is 2.97. The maximum atomic E-state index is 4.61. The van der Waals surface area contributed by atoms with E-state index >= 15 is 0 Å². The van der Waals surface area contributed by atoms with Crippen molar-refractivity contribution >= 4 is 5.95 Å². The van der Waals surface area contributed by atoms with Crippen LogP contribution in [0.5, 0.6) is 0 Å². The van der Waals surface area contributed by atoms with E-state index in [2.05, 4.69) is 42.1 Å². The van der Waals surface area contributed by atoms with Gasteiger partial charge in [-0.15, -0.1) is 0 Å². The molecule has 0 aromatic carbocycles. The Hall–Kier alpha value is -1.12. The van der Waals surface area contributed by atoms with Crippen LogP contribution in [-0.4, -0.2) is 16.5 Å². The second-order valence-electron chi connectivity index (χ2n) is 6.75. The van der Waals surface area contributed by atoms with E-state index in [9.17, 15) is 0 Å². The van der Waals surface area contributed by atoms with Crippen molar-refractivity contribution in [3.8, 4) is 0 Å². The number of hydrogen-bond donors (Lipinski definition) is 1. The van der Waals surface area contributed by atoms with E-state index in [-0.39, 0.29) is 0 Å². The van der Waals surface area contributed by atoms with Crippen LogP contribution in [-0.2, 0) is 0 Å². The molecular weight excluding hydrogens is 246 g/mol. The van der Waals surface area contributed by atoms with Gasteiger partial charge in [-0.1, -0.05) is 46.5 Å². The Morgan fingerprint density at radius 2 is 1.90 bits per heavy atom. The summed E-state index contributed by atoms with van der Waals surface area (Å²) in [5, 5.41) is 3.42. The van der Waals surface area contributed by atoms with Crippen LogP contribution < -0.4 is 5.32 Å². The lowest BCUT2D eigenvalue weighted by Crippen LogP contribution is -2.16. The molecule has 1 aromatic heterocycles. The van der Waals surface area contributed by atoms with Gasteiger partial charge < -0.3 is 5.32 Å². The molecule has 112 valence electrons. The summed E-state index contributed by atoms with van der Waals surface area (Å²) >= 11 is 0. The third kappa shape index (κ3) is 4.46. The first-order valence-corrected chi connectivity index (χ1v) is 8.14. The number of rotatable bonds is 5. The monoisotopic (exact) mass is 275 g/mol. The molecule has 0 amide bonds. The highest BCUT2D eigenvalue weighted by Crippen LogP contribution is 2.30. The lowest BCUT2D eigenvalue weighted by molar-refractivity contribution is 0.282. The summed E-state index contributed by atoms with van der Waals surface area (Å²) < 4.78 is 0.